The van der Waals surface area contributed by atoms with Crippen LogP contribution in [0.3, 0.4) is 0 Å². The molecule has 0 saturated heterocycles. The first-order valence-electron chi connectivity index (χ1n) is 14.7. The predicted octanol–water partition coefficient (Wildman–Crippen LogP) is 9.84. The van der Waals surface area contributed by atoms with Gasteiger partial charge in [0.2, 0.25) is 0 Å². The van der Waals surface area contributed by atoms with E-state index in [-0.39, 0.29) is 5.41 Å². The Morgan fingerprint density at radius 2 is 1.50 bits per heavy atom. The Balaban J connectivity index is 1.37. The van der Waals surface area contributed by atoms with Crippen LogP contribution in [0.4, 0.5) is 0 Å². The number of nitriles is 1. The fraction of sp³-hybridized carbons (Fsp3) is 0.781. The molecule has 2 heteroatoms. The van der Waals surface area contributed by atoms with E-state index in [1.54, 1.807) is 0 Å². The van der Waals surface area contributed by atoms with Gasteiger partial charge in [0.1, 0.15) is 5.75 Å². The molecule has 0 unspecified atom stereocenters. The van der Waals surface area contributed by atoms with Crippen LogP contribution >= 0.6 is 0 Å². The van der Waals surface area contributed by atoms with Crippen LogP contribution in [0.5, 0.6) is 5.75 Å². The van der Waals surface area contributed by atoms with E-state index in [2.05, 4.69) is 51.1 Å². The minimum absolute atomic E-state index is 0.0258. The summed E-state index contributed by atoms with van der Waals surface area (Å²) < 4.78 is 5.99. The molecule has 190 valence electrons. The quantitative estimate of drug-likeness (QED) is 0.271. The highest BCUT2D eigenvalue weighted by Gasteiger charge is 2.39. The summed E-state index contributed by atoms with van der Waals surface area (Å²) in [4.78, 5) is 0. The number of hydrogen-bond acceptors (Lipinski definition) is 2. The molecular formula is C32H51NO. The first kappa shape index (κ1) is 27.1. The number of hydrogen-bond donors (Lipinski definition) is 0. The Morgan fingerprint density at radius 1 is 0.882 bits per heavy atom. The molecular weight excluding hydrogens is 414 g/mol. The molecule has 1 aromatic carbocycles. The molecule has 0 aliphatic heterocycles. The van der Waals surface area contributed by atoms with Crippen molar-refractivity contribution in [3.63, 3.8) is 0 Å². The molecule has 0 N–H and O–H groups in total. The first-order valence-corrected chi connectivity index (χ1v) is 14.7. The van der Waals surface area contributed by atoms with Gasteiger partial charge in [0, 0.05) is 0 Å². The lowest BCUT2D eigenvalue weighted by molar-refractivity contribution is 0.116. The van der Waals surface area contributed by atoms with E-state index in [0.717, 1.165) is 49.4 Å². The van der Waals surface area contributed by atoms with Crippen LogP contribution in [0.15, 0.2) is 24.3 Å². The van der Waals surface area contributed by atoms with Gasteiger partial charge in [0.05, 0.1) is 18.1 Å². The summed E-state index contributed by atoms with van der Waals surface area (Å²) in [6.45, 7) is 7.70. The molecule has 0 bridgehead atoms. The zero-order valence-electron chi connectivity index (χ0n) is 22.5. The molecule has 0 aromatic heterocycles. The third-order valence-electron chi connectivity index (χ3n) is 9.22. The lowest BCUT2D eigenvalue weighted by Crippen LogP contribution is -2.32. The van der Waals surface area contributed by atoms with Gasteiger partial charge in [0.25, 0.3) is 0 Å². The second kappa shape index (κ2) is 14.2. The van der Waals surface area contributed by atoms with Crippen LogP contribution in [-0.4, -0.2) is 6.61 Å². The van der Waals surface area contributed by atoms with Crippen LogP contribution in [0, 0.1) is 34.5 Å². The summed E-state index contributed by atoms with van der Waals surface area (Å²) >= 11 is 0. The fourth-order valence-corrected chi connectivity index (χ4v) is 6.67. The summed E-state index contributed by atoms with van der Waals surface area (Å²) in [5.74, 6) is 4.18. The predicted molar refractivity (Wildman–Crippen MR) is 144 cm³/mol. The van der Waals surface area contributed by atoms with E-state index >= 15 is 0 Å². The van der Waals surface area contributed by atoms with Crippen LogP contribution in [0.1, 0.15) is 135 Å². The highest BCUT2D eigenvalue weighted by Crippen LogP contribution is 2.49. The third-order valence-corrected chi connectivity index (χ3v) is 9.22. The zero-order chi connectivity index (χ0) is 24.2. The maximum Gasteiger partial charge on any atom is 0.119 e. The highest BCUT2D eigenvalue weighted by molar-refractivity contribution is 5.29. The second-order valence-corrected chi connectivity index (χ2v) is 11.7. The van der Waals surface area contributed by atoms with Crippen molar-refractivity contribution in [2.75, 3.05) is 6.61 Å². The summed E-state index contributed by atoms with van der Waals surface area (Å²) in [7, 11) is 0. The molecule has 2 aliphatic carbocycles. The van der Waals surface area contributed by atoms with Gasteiger partial charge in [-0.25, -0.2) is 0 Å². The summed E-state index contributed by atoms with van der Waals surface area (Å²) in [5.41, 5.74) is 1.48. The van der Waals surface area contributed by atoms with Gasteiger partial charge in [0.15, 0.2) is 0 Å². The van der Waals surface area contributed by atoms with Gasteiger partial charge >= 0.3 is 0 Å². The Hall–Kier alpha value is -1.49. The molecule has 2 saturated carbocycles. The Kier molecular flexibility index (Phi) is 11.3. The summed E-state index contributed by atoms with van der Waals surface area (Å²) in [6, 6.07) is 11.8. The number of nitrogens with zero attached hydrogens (tertiary/aromatic N) is 1. The van der Waals surface area contributed by atoms with Crippen molar-refractivity contribution in [1.29, 1.82) is 5.26 Å². The smallest absolute Gasteiger partial charge is 0.119 e. The summed E-state index contributed by atoms with van der Waals surface area (Å²) in [6.07, 6.45) is 20.4. The van der Waals surface area contributed by atoms with Gasteiger partial charge in [-0.05, 0) is 106 Å². The lowest BCUT2D eigenvalue weighted by atomic mass is 9.62. The van der Waals surface area contributed by atoms with E-state index in [1.165, 1.54) is 89.0 Å². The average Bonchev–Trinajstić information content (AvgIpc) is 2.89. The third kappa shape index (κ3) is 8.03. The maximum absolute atomic E-state index is 9.90. The van der Waals surface area contributed by atoms with Crippen molar-refractivity contribution < 1.29 is 4.74 Å². The van der Waals surface area contributed by atoms with E-state index in [4.69, 9.17) is 4.74 Å². The second-order valence-electron chi connectivity index (χ2n) is 11.7. The summed E-state index contributed by atoms with van der Waals surface area (Å²) in [5, 5.41) is 9.90. The van der Waals surface area contributed by atoms with Gasteiger partial charge < -0.3 is 4.74 Å². The number of unbranched alkanes of at least 4 members (excludes halogenated alkanes) is 5. The molecule has 0 spiro atoms. The van der Waals surface area contributed by atoms with Crippen LogP contribution < -0.4 is 4.74 Å². The minimum atomic E-state index is -0.0258. The van der Waals surface area contributed by atoms with E-state index in [1.807, 2.05) is 0 Å². The number of ether oxygens (including phenoxy) is 1. The topological polar surface area (TPSA) is 33.0 Å². The fourth-order valence-electron chi connectivity index (χ4n) is 6.67. The van der Waals surface area contributed by atoms with Gasteiger partial charge in [-0.15, -0.1) is 0 Å². The van der Waals surface area contributed by atoms with Crippen LogP contribution in [-0.2, 0) is 0 Å². The van der Waals surface area contributed by atoms with Gasteiger partial charge in [-0.1, -0.05) is 71.4 Å². The SMILES string of the molecule is CCCCCCCCOc1ccc(C2CCC([C@H]3CC[C@](C#N)(C[C@H](C)CC)CC3)CC2)cc1. The molecule has 0 radical (unpaired) electrons. The van der Waals surface area contributed by atoms with Crippen molar-refractivity contribution in [3.8, 4) is 11.8 Å². The molecule has 1 aromatic rings. The average molecular weight is 466 g/mol. The molecule has 0 heterocycles. The molecule has 34 heavy (non-hydrogen) atoms. The molecule has 3 rings (SSSR count). The van der Waals surface area contributed by atoms with Crippen LogP contribution in [0.2, 0.25) is 0 Å². The standard InChI is InChI=1S/C32H51NO/c1-4-6-7-8-9-10-23-34-31-17-15-29(16-18-31)27-11-13-28(14-12-27)30-19-21-32(25-33,22-20-30)24-26(3)5-2/h15-18,26-28,30H,4-14,19-24H2,1-3H3/t26-,27?,28?,30-,32+/m1/s1. The van der Waals surface area contributed by atoms with Crippen molar-refractivity contribution in [2.45, 2.75) is 129 Å². The van der Waals surface area contributed by atoms with Gasteiger partial charge in [-0.2, -0.15) is 5.26 Å². The molecule has 2 aliphatic rings. The van der Waals surface area contributed by atoms with Crippen molar-refractivity contribution in [1.82, 2.24) is 0 Å². The van der Waals surface area contributed by atoms with Gasteiger partial charge in [-0.3, -0.25) is 0 Å². The van der Waals surface area contributed by atoms with Crippen molar-refractivity contribution >= 4 is 0 Å². The van der Waals surface area contributed by atoms with E-state index < -0.39 is 0 Å². The molecule has 2 nitrogen and oxygen atoms in total. The minimum Gasteiger partial charge on any atom is -0.494 e. The van der Waals surface area contributed by atoms with Crippen molar-refractivity contribution in [2.24, 2.45) is 23.2 Å². The highest BCUT2D eigenvalue weighted by atomic mass is 16.5. The Labute approximate surface area is 210 Å². The van der Waals surface area contributed by atoms with Crippen molar-refractivity contribution in [3.05, 3.63) is 29.8 Å². The largest absolute Gasteiger partial charge is 0.494 e. The first-order chi connectivity index (χ1) is 16.6. The number of benzene rings is 1. The molecule has 0 amide bonds. The maximum atomic E-state index is 9.90. The Bertz CT molecular complexity index is 716. The number of rotatable bonds is 13. The monoisotopic (exact) mass is 465 g/mol. The van der Waals surface area contributed by atoms with E-state index in [0.29, 0.717) is 5.92 Å². The molecule has 1 atom stereocenters. The zero-order valence-corrected chi connectivity index (χ0v) is 22.5. The molecule has 2 fully saturated rings. The lowest BCUT2D eigenvalue weighted by Gasteiger charge is -2.41. The van der Waals surface area contributed by atoms with Crippen LogP contribution in [0.25, 0.3) is 0 Å². The Morgan fingerprint density at radius 3 is 2.12 bits per heavy atom. The van der Waals surface area contributed by atoms with E-state index in [9.17, 15) is 5.26 Å². The normalized spacial score (nSPS) is 28.2.